The lowest BCUT2D eigenvalue weighted by Gasteiger charge is -2.23. The van der Waals surface area contributed by atoms with Crippen LogP contribution in [0.3, 0.4) is 0 Å². The maximum absolute atomic E-state index is 11.8. The number of benzene rings is 1. The fourth-order valence-electron chi connectivity index (χ4n) is 2.69. The third-order valence-corrected chi connectivity index (χ3v) is 3.64. The molecule has 0 spiro atoms. The van der Waals surface area contributed by atoms with Gasteiger partial charge >= 0.3 is 0 Å². The van der Waals surface area contributed by atoms with E-state index < -0.39 is 0 Å². The SMILES string of the molecule is Cc1[nH]c2ccccc2c1C1C=CN(C)C(=O)C1. The summed E-state index contributed by atoms with van der Waals surface area (Å²) in [4.78, 5) is 16.9. The summed E-state index contributed by atoms with van der Waals surface area (Å²) in [6.45, 7) is 2.08. The van der Waals surface area contributed by atoms with Crippen LogP contribution in [0, 0.1) is 6.92 Å². The Hall–Kier alpha value is -2.03. The summed E-state index contributed by atoms with van der Waals surface area (Å²) in [5, 5.41) is 1.22. The van der Waals surface area contributed by atoms with Crippen LogP contribution in [-0.2, 0) is 4.79 Å². The van der Waals surface area contributed by atoms with E-state index in [-0.39, 0.29) is 11.8 Å². The van der Waals surface area contributed by atoms with E-state index in [1.54, 1.807) is 11.9 Å². The molecule has 3 rings (SSSR count). The summed E-state index contributed by atoms with van der Waals surface area (Å²) < 4.78 is 0. The molecule has 1 aromatic carbocycles. The molecule has 1 unspecified atom stereocenters. The highest BCUT2D eigenvalue weighted by molar-refractivity contribution is 5.87. The molecule has 3 heteroatoms. The first-order chi connectivity index (χ1) is 8.66. The van der Waals surface area contributed by atoms with Crippen molar-refractivity contribution in [2.75, 3.05) is 7.05 Å². The highest BCUT2D eigenvalue weighted by Crippen LogP contribution is 2.33. The number of carbonyl (C=O) groups is 1. The molecule has 0 saturated heterocycles. The van der Waals surface area contributed by atoms with Crippen molar-refractivity contribution in [3.05, 3.63) is 47.8 Å². The van der Waals surface area contributed by atoms with E-state index in [0.717, 1.165) is 11.2 Å². The number of allylic oxidation sites excluding steroid dienone is 1. The molecule has 1 aliphatic heterocycles. The number of amides is 1. The predicted octanol–water partition coefficient (Wildman–Crippen LogP) is 2.94. The van der Waals surface area contributed by atoms with Gasteiger partial charge in [-0.15, -0.1) is 0 Å². The molecule has 3 nitrogen and oxygen atoms in total. The number of hydrogen-bond acceptors (Lipinski definition) is 1. The lowest BCUT2D eigenvalue weighted by atomic mass is 9.91. The quantitative estimate of drug-likeness (QED) is 0.817. The normalized spacial score (nSPS) is 19.8. The van der Waals surface area contributed by atoms with Crippen molar-refractivity contribution in [1.82, 2.24) is 9.88 Å². The highest BCUT2D eigenvalue weighted by atomic mass is 16.2. The van der Waals surface area contributed by atoms with E-state index in [9.17, 15) is 4.79 Å². The first kappa shape index (κ1) is 11.1. The predicted molar refractivity (Wildman–Crippen MR) is 72.3 cm³/mol. The fraction of sp³-hybridized carbons (Fsp3) is 0.267. The second-order valence-corrected chi connectivity index (χ2v) is 4.87. The highest BCUT2D eigenvalue weighted by Gasteiger charge is 2.23. The van der Waals surface area contributed by atoms with Gasteiger partial charge in [-0.3, -0.25) is 4.79 Å². The maximum atomic E-state index is 11.8. The Balaban J connectivity index is 2.12. The Morgan fingerprint density at radius 2 is 2.11 bits per heavy atom. The van der Waals surface area contributed by atoms with Crippen LogP contribution in [0.5, 0.6) is 0 Å². The van der Waals surface area contributed by atoms with Gasteiger partial charge in [0.15, 0.2) is 0 Å². The Morgan fingerprint density at radius 1 is 1.33 bits per heavy atom. The van der Waals surface area contributed by atoms with E-state index in [1.807, 2.05) is 18.3 Å². The number of para-hydroxylation sites is 1. The zero-order chi connectivity index (χ0) is 12.7. The van der Waals surface area contributed by atoms with Crippen molar-refractivity contribution < 1.29 is 4.79 Å². The number of H-pyrrole nitrogens is 1. The Kier molecular flexibility index (Phi) is 2.47. The van der Waals surface area contributed by atoms with Crippen LogP contribution >= 0.6 is 0 Å². The number of carbonyl (C=O) groups excluding carboxylic acids is 1. The van der Waals surface area contributed by atoms with Crippen molar-refractivity contribution in [3.63, 3.8) is 0 Å². The Bertz CT molecular complexity index is 639. The second kappa shape index (κ2) is 4.02. The summed E-state index contributed by atoms with van der Waals surface area (Å²) >= 11 is 0. The minimum atomic E-state index is 0.173. The van der Waals surface area contributed by atoms with Gasteiger partial charge in [0.2, 0.25) is 5.91 Å². The largest absolute Gasteiger partial charge is 0.358 e. The smallest absolute Gasteiger partial charge is 0.227 e. The van der Waals surface area contributed by atoms with Gasteiger partial charge in [-0.2, -0.15) is 0 Å². The average molecular weight is 240 g/mol. The fourth-order valence-corrected chi connectivity index (χ4v) is 2.69. The number of nitrogens with zero attached hydrogens (tertiary/aromatic N) is 1. The number of aromatic nitrogens is 1. The van der Waals surface area contributed by atoms with Crippen molar-refractivity contribution in [2.24, 2.45) is 0 Å². The molecule has 0 radical (unpaired) electrons. The molecule has 92 valence electrons. The molecular formula is C15H16N2O. The minimum Gasteiger partial charge on any atom is -0.358 e. The first-order valence-corrected chi connectivity index (χ1v) is 6.18. The van der Waals surface area contributed by atoms with Gasteiger partial charge in [0.05, 0.1) is 0 Å². The maximum Gasteiger partial charge on any atom is 0.227 e. The molecule has 1 aliphatic rings. The number of rotatable bonds is 1. The van der Waals surface area contributed by atoms with E-state index in [1.165, 1.54) is 10.9 Å². The van der Waals surface area contributed by atoms with Crippen LogP contribution in [-0.4, -0.2) is 22.8 Å². The summed E-state index contributed by atoms with van der Waals surface area (Å²) in [5.74, 6) is 0.358. The van der Waals surface area contributed by atoms with Crippen molar-refractivity contribution >= 4 is 16.8 Å². The van der Waals surface area contributed by atoms with Crippen molar-refractivity contribution in [3.8, 4) is 0 Å². The molecule has 1 atom stereocenters. The summed E-state index contributed by atoms with van der Waals surface area (Å²) in [5.41, 5.74) is 3.55. The molecule has 2 heterocycles. The molecule has 0 saturated carbocycles. The molecule has 0 aliphatic carbocycles. The average Bonchev–Trinajstić information content (AvgIpc) is 2.69. The Labute approximate surface area is 106 Å². The van der Waals surface area contributed by atoms with Crippen LogP contribution in [0.25, 0.3) is 10.9 Å². The van der Waals surface area contributed by atoms with Crippen molar-refractivity contribution in [2.45, 2.75) is 19.3 Å². The molecule has 2 aromatic rings. The number of hydrogen-bond donors (Lipinski definition) is 1. The zero-order valence-corrected chi connectivity index (χ0v) is 10.6. The van der Waals surface area contributed by atoms with E-state index in [4.69, 9.17) is 0 Å². The summed E-state index contributed by atoms with van der Waals surface area (Å²) in [6, 6.07) is 8.26. The standard InChI is InChI=1S/C15H16N2O/c1-10-15(11-7-8-17(2)14(18)9-11)12-5-3-4-6-13(12)16-10/h3-8,11,16H,9H2,1-2H3. The molecule has 0 fully saturated rings. The number of nitrogens with one attached hydrogen (secondary N) is 1. The van der Waals surface area contributed by atoms with Gasteiger partial charge in [0.25, 0.3) is 0 Å². The van der Waals surface area contributed by atoms with Crippen LogP contribution in [0.15, 0.2) is 36.5 Å². The summed E-state index contributed by atoms with van der Waals surface area (Å²) in [6.07, 6.45) is 4.54. The van der Waals surface area contributed by atoms with Crippen molar-refractivity contribution in [1.29, 1.82) is 0 Å². The second-order valence-electron chi connectivity index (χ2n) is 4.87. The molecule has 1 amide bonds. The number of aromatic amines is 1. The van der Waals surface area contributed by atoms with Gasteiger partial charge in [-0.1, -0.05) is 24.3 Å². The molecule has 1 N–H and O–H groups in total. The van der Waals surface area contributed by atoms with E-state index in [0.29, 0.717) is 6.42 Å². The van der Waals surface area contributed by atoms with Gasteiger partial charge in [-0.25, -0.2) is 0 Å². The molecule has 18 heavy (non-hydrogen) atoms. The van der Waals surface area contributed by atoms with Gasteiger partial charge in [-0.05, 0) is 18.6 Å². The van der Waals surface area contributed by atoms with Crippen LogP contribution in [0.2, 0.25) is 0 Å². The topological polar surface area (TPSA) is 36.1 Å². The molecular weight excluding hydrogens is 224 g/mol. The lowest BCUT2D eigenvalue weighted by Crippen LogP contribution is -2.26. The summed E-state index contributed by atoms with van der Waals surface area (Å²) in [7, 11) is 1.80. The zero-order valence-electron chi connectivity index (χ0n) is 10.6. The van der Waals surface area contributed by atoms with Gasteiger partial charge in [0, 0.05) is 42.2 Å². The van der Waals surface area contributed by atoms with Crippen LogP contribution in [0.4, 0.5) is 0 Å². The van der Waals surface area contributed by atoms with Crippen LogP contribution < -0.4 is 0 Å². The third kappa shape index (κ3) is 1.63. The monoisotopic (exact) mass is 240 g/mol. The van der Waals surface area contributed by atoms with Crippen LogP contribution in [0.1, 0.15) is 23.6 Å². The third-order valence-electron chi connectivity index (χ3n) is 3.64. The molecule has 1 aromatic heterocycles. The Morgan fingerprint density at radius 3 is 2.89 bits per heavy atom. The van der Waals surface area contributed by atoms with E-state index >= 15 is 0 Å². The van der Waals surface area contributed by atoms with Gasteiger partial charge in [0.1, 0.15) is 0 Å². The lowest BCUT2D eigenvalue weighted by molar-refractivity contribution is -0.128. The number of aryl methyl sites for hydroxylation is 1. The van der Waals surface area contributed by atoms with Gasteiger partial charge < -0.3 is 9.88 Å². The minimum absolute atomic E-state index is 0.173. The van der Waals surface area contributed by atoms with E-state index in [2.05, 4.69) is 30.1 Å². The molecule has 0 bridgehead atoms. The first-order valence-electron chi connectivity index (χ1n) is 6.18. The number of fused-ring (bicyclic) bond motifs is 1.